The molecule has 0 saturated heterocycles. The number of halogens is 1. The van der Waals surface area contributed by atoms with E-state index in [9.17, 15) is 4.79 Å². The topological polar surface area (TPSA) is 36.4 Å². The van der Waals surface area contributed by atoms with E-state index >= 15 is 0 Å². The number of aromatic nitrogens is 1. The van der Waals surface area contributed by atoms with Crippen LogP contribution in [-0.4, -0.2) is 43.0 Å². The normalized spacial score (nSPS) is 11.5. The van der Waals surface area contributed by atoms with Gasteiger partial charge in [-0.3, -0.25) is 9.69 Å². The Bertz CT molecular complexity index is 902. The van der Waals surface area contributed by atoms with E-state index < -0.39 is 0 Å². The van der Waals surface area contributed by atoms with Crippen molar-refractivity contribution >= 4 is 50.3 Å². The van der Waals surface area contributed by atoms with Gasteiger partial charge in [0, 0.05) is 24.2 Å². The van der Waals surface area contributed by atoms with Crippen molar-refractivity contribution in [3.63, 3.8) is 0 Å². The molecule has 0 unspecified atom stereocenters. The van der Waals surface area contributed by atoms with Gasteiger partial charge in [0.2, 0.25) is 0 Å². The zero-order valence-electron chi connectivity index (χ0n) is 14.7. The Morgan fingerprint density at radius 1 is 1.12 bits per heavy atom. The summed E-state index contributed by atoms with van der Waals surface area (Å²) in [6.07, 6.45) is 3.31. The summed E-state index contributed by atoms with van der Waals surface area (Å²) >= 11 is 7.69. The van der Waals surface area contributed by atoms with Gasteiger partial charge in [0.1, 0.15) is 0 Å². The lowest BCUT2D eigenvalue weighted by Gasteiger charge is -2.20. The van der Waals surface area contributed by atoms with Crippen LogP contribution in [0.3, 0.4) is 0 Å². The molecule has 1 amide bonds. The maximum absolute atomic E-state index is 12.9. The summed E-state index contributed by atoms with van der Waals surface area (Å²) in [6.45, 7) is 1.32. The van der Waals surface area contributed by atoms with E-state index in [1.807, 2.05) is 67.5 Å². The van der Waals surface area contributed by atoms with Crippen LogP contribution in [-0.2, 0) is 4.79 Å². The quantitative estimate of drug-likeness (QED) is 0.584. The third-order valence-corrected chi connectivity index (χ3v) is 5.26. The fourth-order valence-corrected chi connectivity index (χ4v) is 3.63. The van der Waals surface area contributed by atoms with Crippen molar-refractivity contribution in [1.82, 2.24) is 9.88 Å². The molecule has 0 atom stereocenters. The van der Waals surface area contributed by atoms with E-state index in [4.69, 9.17) is 11.6 Å². The smallest absolute Gasteiger partial charge is 0.252 e. The lowest BCUT2D eigenvalue weighted by molar-refractivity contribution is -0.114. The molecule has 1 aromatic heterocycles. The van der Waals surface area contributed by atoms with Gasteiger partial charge in [0.05, 0.1) is 10.2 Å². The molecule has 26 heavy (non-hydrogen) atoms. The highest BCUT2D eigenvalue weighted by atomic mass is 35.5. The average molecular weight is 386 g/mol. The number of hydrogen-bond acceptors (Lipinski definition) is 4. The molecule has 6 heteroatoms. The van der Waals surface area contributed by atoms with Gasteiger partial charge in [-0.2, -0.15) is 0 Å². The SMILES string of the molecule is CN(C)CCN(C(=O)C=Cc1ccccc1Cl)c1nc2ccccc2s1. The van der Waals surface area contributed by atoms with Gasteiger partial charge in [-0.15, -0.1) is 0 Å². The van der Waals surface area contributed by atoms with Gasteiger partial charge < -0.3 is 4.90 Å². The highest BCUT2D eigenvalue weighted by Crippen LogP contribution is 2.29. The number of nitrogens with zero attached hydrogens (tertiary/aromatic N) is 3. The third-order valence-electron chi connectivity index (χ3n) is 3.86. The maximum Gasteiger partial charge on any atom is 0.252 e. The molecule has 3 rings (SSSR count). The molecule has 0 aliphatic rings. The van der Waals surface area contributed by atoms with E-state index in [0.29, 0.717) is 16.7 Å². The zero-order valence-corrected chi connectivity index (χ0v) is 16.3. The summed E-state index contributed by atoms with van der Waals surface area (Å²) in [5.41, 5.74) is 1.73. The summed E-state index contributed by atoms with van der Waals surface area (Å²) in [5.74, 6) is -0.106. The fraction of sp³-hybridized carbons (Fsp3) is 0.200. The highest BCUT2D eigenvalue weighted by molar-refractivity contribution is 7.22. The average Bonchev–Trinajstić information content (AvgIpc) is 3.04. The van der Waals surface area contributed by atoms with E-state index in [0.717, 1.165) is 22.3 Å². The third kappa shape index (κ3) is 4.49. The van der Waals surface area contributed by atoms with E-state index in [1.54, 1.807) is 17.1 Å². The molecule has 3 aromatic rings. The second-order valence-corrected chi connectivity index (χ2v) is 7.53. The Labute approximate surface area is 162 Å². The summed E-state index contributed by atoms with van der Waals surface area (Å²) in [5, 5.41) is 1.33. The van der Waals surface area contributed by atoms with Crippen LogP contribution in [0.15, 0.2) is 54.6 Å². The number of benzene rings is 2. The monoisotopic (exact) mass is 385 g/mol. The molecule has 0 saturated carbocycles. The first-order valence-electron chi connectivity index (χ1n) is 8.29. The van der Waals surface area contributed by atoms with Crippen molar-refractivity contribution in [2.24, 2.45) is 0 Å². The number of rotatable bonds is 6. The van der Waals surface area contributed by atoms with Crippen molar-refractivity contribution in [3.8, 4) is 0 Å². The van der Waals surface area contributed by atoms with E-state index in [-0.39, 0.29) is 5.91 Å². The largest absolute Gasteiger partial charge is 0.308 e. The Kier molecular flexibility index (Phi) is 6.04. The van der Waals surface area contributed by atoms with Crippen LogP contribution < -0.4 is 4.90 Å². The molecule has 1 heterocycles. The van der Waals surface area contributed by atoms with Crippen LogP contribution >= 0.6 is 22.9 Å². The minimum absolute atomic E-state index is 0.106. The summed E-state index contributed by atoms with van der Waals surface area (Å²) in [4.78, 5) is 21.3. The first-order chi connectivity index (χ1) is 12.5. The van der Waals surface area contributed by atoms with Crippen LogP contribution in [0.2, 0.25) is 5.02 Å². The maximum atomic E-state index is 12.9. The number of hydrogen-bond donors (Lipinski definition) is 0. The molecule has 0 bridgehead atoms. The summed E-state index contributed by atoms with van der Waals surface area (Å²) in [7, 11) is 3.97. The fourth-order valence-electron chi connectivity index (χ4n) is 2.44. The lowest BCUT2D eigenvalue weighted by Crippen LogP contribution is -2.35. The van der Waals surface area contributed by atoms with Crippen LogP contribution in [0.25, 0.3) is 16.3 Å². The first-order valence-corrected chi connectivity index (χ1v) is 9.48. The van der Waals surface area contributed by atoms with Gasteiger partial charge in [0.25, 0.3) is 5.91 Å². The predicted molar refractivity (Wildman–Crippen MR) is 111 cm³/mol. The predicted octanol–water partition coefficient (Wildman–Crippen LogP) is 4.56. The summed E-state index contributed by atoms with van der Waals surface area (Å²) in [6, 6.07) is 15.4. The number of likely N-dealkylation sites (N-methyl/N-ethyl adjacent to an activating group) is 1. The number of thiazole rings is 1. The van der Waals surface area contributed by atoms with Crippen LogP contribution in [0.5, 0.6) is 0 Å². The van der Waals surface area contributed by atoms with Crippen LogP contribution in [0.4, 0.5) is 5.13 Å². The molecule has 4 nitrogen and oxygen atoms in total. The lowest BCUT2D eigenvalue weighted by atomic mass is 10.2. The van der Waals surface area contributed by atoms with Crippen molar-refractivity contribution < 1.29 is 4.79 Å². The standard InChI is InChI=1S/C20H20ClN3OS/c1-23(2)13-14-24(20-22-17-9-5-6-10-18(17)26-20)19(25)12-11-15-7-3-4-8-16(15)21/h3-12H,13-14H2,1-2H3. The molecular weight excluding hydrogens is 366 g/mol. The minimum atomic E-state index is -0.106. The Morgan fingerprint density at radius 3 is 2.58 bits per heavy atom. The molecule has 0 aliphatic heterocycles. The van der Waals surface area contributed by atoms with Crippen molar-refractivity contribution in [3.05, 3.63) is 65.2 Å². The molecule has 0 fully saturated rings. The second kappa shape index (κ2) is 8.45. The van der Waals surface area contributed by atoms with E-state index in [1.165, 1.54) is 11.3 Å². The molecular formula is C20H20ClN3OS. The Balaban J connectivity index is 1.87. The van der Waals surface area contributed by atoms with Gasteiger partial charge in [-0.25, -0.2) is 4.98 Å². The number of fused-ring (bicyclic) bond motifs is 1. The van der Waals surface area contributed by atoms with Crippen molar-refractivity contribution in [2.45, 2.75) is 0 Å². The number of carbonyl (C=O) groups excluding carboxylic acids is 1. The van der Waals surface area contributed by atoms with Crippen LogP contribution in [0, 0.1) is 0 Å². The van der Waals surface area contributed by atoms with Gasteiger partial charge >= 0.3 is 0 Å². The number of anilines is 1. The van der Waals surface area contributed by atoms with Gasteiger partial charge in [0.15, 0.2) is 5.13 Å². The van der Waals surface area contributed by atoms with Crippen LogP contribution in [0.1, 0.15) is 5.56 Å². The number of carbonyl (C=O) groups is 1. The minimum Gasteiger partial charge on any atom is -0.308 e. The zero-order chi connectivity index (χ0) is 18.5. The molecule has 0 N–H and O–H groups in total. The Hall–Kier alpha value is -2.21. The molecule has 2 aromatic carbocycles. The molecule has 0 aliphatic carbocycles. The molecule has 0 spiro atoms. The molecule has 134 valence electrons. The number of para-hydroxylation sites is 1. The molecule has 0 radical (unpaired) electrons. The second-order valence-electron chi connectivity index (χ2n) is 6.11. The van der Waals surface area contributed by atoms with Gasteiger partial charge in [-0.1, -0.05) is 53.3 Å². The van der Waals surface area contributed by atoms with E-state index in [2.05, 4.69) is 4.98 Å². The summed E-state index contributed by atoms with van der Waals surface area (Å²) < 4.78 is 1.07. The van der Waals surface area contributed by atoms with Gasteiger partial charge in [-0.05, 0) is 43.9 Å². The van der Waals surface area contributed by atoms with Crippen molar-refractivity contribution in [2.75, 3.05) is 32.1 Å². The number of amides is 1. The Morgan fingerprint density at radius 2 is 1.85 bits per heavy atom. The van der Waals surface area contributed by atoms with Crippen molar-refractivity contribution in [1.29, 1.82) is 0 Å². The first kappa shape index (κ1) is 18.6. The highest BCUT2D eigenvalue weighted by Gasteiger charge is 2.18.